The molecule has 4 N–H and O–H groups in total. The number of hydrogen-bond acceptors (Lipinski definition) is 4. The smallest absolute Gasteiger partial charge is 0.0553 e. The highest BCUT2D eigenvalue weighted by Gasteiger charge is 2.18. The molecular weight excluding hydrogens is 587 g/mol. The summed E-state index contributed by atoms with van der Waals surface area (Å²) in [5.41, 5.74) is 22.0. The third-order valence-electron chi connectivity index (χ3n) is 8.19. The molecule has 7 aromatic rings. The van der Waals surface area contributed by atoms with Crippen LogP contribution < -0.4 is 11.5 Å². The molecule has 0 aliphatic carbocycles. The number of thioether (sulfide) groups is 2. The van der Waals surface area contributed by atoms with E-state index in [4.69, 9.17) is 11.5 Å². The van der Waals surface area contributed by atoms with E-state index in [1.807, 2.05) is 10.8 Å². The van der Waals surface area contributed by atoms with Crippen LogP contribution in [0.15, 0.2) is 151 Å². The summed E-state index contributed by atoms with van der Waals surface area (Å²) in [6, 6.07) is 46.6. The molecule has 6 aromatic carbocycles. The molecule has 0 amide bonds. The minimum atomic E-state index is 0.895. The third-order valence-corrected chi connectivity index (χ3v) is 9.89. The van der Waals surface area contributed by atoms with Crippen molar-refractivity contribution >= 4 is 56.1 Å². The first-order valence-electron chi connectivity index (χ1n) is 15.0. The van der Waals surface area contributed by atoms with Crippen molar-refractivity contribution < 1.29 is 0 Å². The van der Waals surface area contributed by atoms with Gasteiger partial charge in [0.05, 0.1) is 11.0 Å². The largest absolute Gasteiger partial charge is 0.404 e. The molecule has 0 fully saturated rings. The Morgan fingerprint density at radius 3 is 1.73 bits per heavy atom. The molecule has 0 saturated heterocycles. The van der Waals surface area contributed by atoms with Gasteiger partial charge in [-0.3, -0.25) is 0 Å². The predicted molar refractivity (Wildman–Crippen MR) is 198 cm³/mol. The monoisotopic (exact) mass is 619 g/mol. The Kier molecular flexibility index (Phi) is 8.37. The molecule has 0 aliphatic heterocycles. The Labute approximate surface area is 272 Å². The van der Waals surface area contributed by atoms with Crippen LogP contribution in [0.5, 0.6) is 0 Å². The first-order chi connectivity index (χ1) is 22.2. The van der Waals surface area contributed by atoms with E-state index in [1.165, 1.54) is 66.0 Å². The van der Waals surface area contributed by atoms with Crippen LogP contribution in [0.1, 0.15) is 11.1 Å². The molecule has 0 unspecified atom stereocenters. The van der Waals surface area contributed by atoms with Crippen molar-refractivity contribution in [3.8, 4) is 27.9 Å². The van der Waals surface area contributed by atoms with Gasteiger partial charge in [0.1, 0.15) is 0 Å². The van der Waals surface area contributed by atoms with Gasteiger partial charge in [-0.1, -0.05) is 103 Å². The minimum Gasteiger partial charge on any atom is -0.404 e. The lowest BCUT2D eigenvalue weighted by molar-refractivity contribution is 1.18. The van der Waals surface area contributed by atoms with Gasteiger partial charge in [-0.2, -0.15) is 0 Å². The van der Waals surface area contributed by atoms with Crippen molar-refractivity contribution in [2.24, 2.45) is 11.5 Å². The van der Waals surface area contributed by atoms with Gasteiger partial charge >= 0.3 is 0 Å². The molecule has 0 aliphatic rings. The second kappa shape index (κ2) is 13.0. The minimum absolute atomic E-state index is 0.895. The van der Waals surface area contributed by atoms with Gasteiger partial charge in [0, 0.05) is 40.4 Å². The highest BCUT2D eigenvalue weighted by Crippen LogP contribution is 2.42. The summed E-state index contributed by atoms with van der Waals surface area (Å²) >= 11 is 3.40. The fourth-order valence-electron chi connectivity index (χ4n) is 6.13. The number of rotatable bonds is 9. The summed E-state index contributed by atoms with van der Waals surface area (Å²) in [6.07, 6.45) is 3.18. The summed E-state index contributed by atoms with van der Waals surface area (Å²) in [4.78, 5) is 0. The summed E-state index contributed by atoms with van der Waals surface area (Å²) in [5, 5.41) is 8.91. The van der Waals surface area contributed by atoms with Crippen molar-refractivity contribution in [1.82, 2.24) is 4.57 Å². The van der Waals surface area contributed by atoms with Crippen molar-refractivity contribution in [2.75, 3.05) is 0 Å². The molecule has 3 nitrogen and oxygen atoms in total. The predicted octanol–water partition coefficient (Wildman–Crippen LogP) is 10.6. The SMILES string of the molecule is N/C=C\SCc1ccc(-c2ccc3c4c5ccccc5c(-c5ccc(CS/C=C\N)cc5)cc4n(-c4ccccc4)c3c2)cc1. The number of nitrogens with two attached hydrogens (primary N) is 2. The molecule has 0 radical (unpaired) electrons. The second-order valence-electron chi connectivity index (χ2n) is 10.9. The van der Waals surface area contributed by atoms with E-state index in [0.29, 0.717) is 0 Å². The molecule has 45 heavy (non-hydrogen) atoms. The molecule has 1 heterocycles. The van der Waals surface area contributed by atoms with E-state index in [-0.39, 0.29) is 0 Å². The van der Waals surface area contributed by atoms with E-state index in [0.717, 1.165) is 17.2 Å². The molecule has 7 rings (SSSR count). The molecule has 1 aromatic heterocycles. The summed E-state index contributed by atoms with van der Waals surface area (Å²) in [6.45, 7) is 0. The Morgan fingerprint density at radius 2 is 1.09 bits per heavy atom. The lowest BCUT2D eigenvalue weighted by Crippen LogP contribution is -1.94. The van der Waals surface area contributed by atoms with Gasteiger partial charge in [-0.05, 0) is 79.2 Å². The van der Waals surface area contributed by atoms with E-state index in [1.54, 1.807) is 35.9 Å². The lowest BCUT2D eigenvalue weighted by atomic mass is 9.94. The Bertz CT molecular complexity index is 2160. The summed E-state index contributed by atoms with van der Waals surface area (Å²) < 4.78 is 2.43. The molecule has 0 saturated carbocycles. The van der Waals surface area contributed by atoms with Crippen LogP contribution >= 0.6 is 23.5 Å². The van der Waals surface area contributed by atoms with Crippen LogP contribution in [-0.2, 0) is 11.5 Å². The normalized spacial score (nSPS) is 11.9. The number of aromatic nitrogens is 1. The zero-order valence-electron chi connectivity index (χ0n) is 24.8. The first kappa shape index (κ1) is 28.9. The van der Waals surface area contributed by atoms with Gasteiger partial charge in [0.25, 0.3) is 0 Å². The van der Waals surface area contributed by atoms with E-state index in [9.17, 15) is 0 Å². The van der Waals surface area contributed by atoms with E-state index < -0.39 is 0 Å². The van der Waals surface area contributed by atoms with Crippen LogP contribution in [0, 0.1) is 0 Å². The maximum Gasteiger partial charge on any atom is 0.0553 e. The molecule has 0 spiro atoms. The molecule has 0 bridgehead atoms. The van der Waals surface area contributed by atoms with Crippen molar-refractivity contribution in [2.45, 2.75) is 11.5 Å². The summed E-state index contributed by atoms with van der Waals surface area (Å²) in [7, 11) is 0. The average molecular weight is 620 g/mol. The van der Waals surface area contributed by atoms with E-state index in [2.05, 4.69) is 132 Å². The lowest BCUT2D eigenvalue weighted by Gasteiger charge is -2.13. The fraction of sp³-hybridized carbons (Fsp3) is 0.0500. The van der Waals surface area contributed by atoms with Gasteiger partial charge in [-0.15, -0.1) is 23.5 Å². The highest BCUT2D eigenvalue weighted by atomic mass is 32.2. The average Bonchev–Trinajstić information content (AvgIpc) is 3.43. The van der Waals surface area contributed by atoms with Gasteiger partial charge < -0.3 is 16.0 Å². The van der Waals surface area contributed by atoms with Crippen molar-refractivity contribution in [3.63, 3.8) is 0 Å². The Morgan fingerprint density at radius 1 is 0.511 bits per heavy atom. The number of para-hydroxylation sites is 1. The number of hydrogen-bond donors (Lipinski definition) is 2. The summed E-state index contributed by atoms with van der Waals surface area (Å²) in [5.74, 6) is 1.80. The molecule has 220 valence electrons. The Balaban J connectivity index is 1.42. The fourth-order valence-corrected chi connectivity index (χ4v) is 7.31. The zero-order valence-corrected chi connectivity index (χ0v) is 26.4. The van der Waals surface area contributed by atoms with Crippen molar-refractivity contribution in [3.05, 3.63) is 162 Å². The second-order valence-corrected chi connectivity index (χ2v) is 12.7. The van der Waals surface area contributed by atoms with Crippen LogP contribution in [0.3, 0.4) is 0 Å². The van der Waals surface area contributed by atoms with Gasteiger partial charge in [-0.25, -0.2) is 0 Å². The van der Waals surface area contributed by atoms with Crippen molar-refractivity contribution in [1.29, 1.82) is 0 Å². The van der Waals surface area contributed by atoms with Crippen LogP contribution in [0.4, 0.5) is 0 Å². The van der Waals surface area contributed by atoms with Gasteiger partial charge in [0.2, 0.25) is 0 Å². The quantitative estimate of drug-likeness (QED) is 0.169. The van der Waals surface area contributed by atoms with Crippen LogP contribution in [0.2, 0.25) is 0 Å². The standard InChI is InChI=1S/C40H33N3S2/c41-20-22-44-26-28-10-14-30(15-11-28)32-18-19-36-38(24-32)43(33-6-2-1-3-7-33)39-25-37(34-8-4-5-9-35(34)40(36)39)31-16-12-29(13-17-31)27-45-23-21-42/h1-25H,26-27,41-42H2/b22-20-,23-21-. The maximum atomic E-state index is 5.53. The Hall–Kier alpha value is -4.84. The van der Waals surface area contributed by atoms with Crippen LogP contribution in [-0.4, -0.2) is 4.57 Å². The number of nitrogens with zero attached hydrogens (tertiary/aromatic N) is 1. The number of fused-ring (bicyclic) bond motifs is 5. The molecular formula is C40H33N3S2. The zero-order chi connectivity index (χ0) is 30.6. The maximum absolute atomic E-state index is 5.53. The van der Waals surface area contributed by atoms with E-state index >= 15 is 0 Å². The third kappa shape index (κ3) is 5.73. The molecule has 5 heteroatoms. The first-order valence-corrected chi connectivity index (χ1v) is 17.1. The van der Waals surface area contributed by atoms with Gasteiger partial charge in [0.15, 0.2) is 0 Å². The molecule has 0 atom stereocenters. The van der Waals surface area contributed by atoms with Crippen LogP contribution in [0.25, 0.3) is 60.5 Å². The highest BCUT2D eigenvalue weighted by molar-refractivity contribution is 8.01. The topological polar surface area (TPSA) is 57.0 Å². The number of benzene rings is 6.